The van der Waals surface area contributed by atoms with Gasteiger partial charge in [0.2, 0.25) is 6.79 Å². The summed E-state index contributed by atoms with van der Waals surface area (Å²) in [6.45, 7) is 9.52. The van der Waals surface area contributed by atoms with Crippen LogP contribution in [0.5, 0.6) is 11.5 Å². The monoisotopic (exact) mass is 536 g/mol. The molecule has 2 aromatic rings. The number of pyridine rings is 1. The van der Waals surface area contributed by atoms with Crippen LogP contribution in [0, 0.1) is 23.5 Å². The third kappa shape index (κ3) is 7.87. The summed E-state index contributed by atoms with van der Waals surface area (Å²) < 4.78 is 49.1. The topological polar surface area (TPSA) is 113 Å². The van der Waals surface area contributed by atoms with Crippen LogP contribution in [0.25, 0.3) is 0 Å². The second kappa shape index (κ2) is 13.7. The molecule has 38 heavy (non-hydrogen) atoms. The molecule has 1 amide bonds. The van der Waals surface area contributed by atoms with E-state index >= 15 is 0 Å². The molecule has 0 saturated heterocycles. The molecule has 1 aromatic heterocycles. The van der Waals surface area contributed by atoms with Crippen LogP contribution in [0.15, 0.2) is 30.5 Å². The van der Waals surface area contributed by atoms with Crippen molar-refractivity contribution >= 4 is 17.8 Å². The third-order valence-corrected chi connectivity index (χ3v) is 5.73. The van der Waals surface area contributed by atoms with Crippen molar-refractivity contribution in [3.8, 4) is 11.5 Å². The normalized spacial score (nSPS) is 13.4. The lowest BCUT2D eigenvalue weighted by molar-refractivity contribution is -0.154. The second-order valence-electron chi connectivity index (χ2n) is 9.34. The molecule has 1 N–H and O–H groups in total. The number of benzene rings is 1. The highest BCUT2D eigenvalue weighted by molar-refractivity contribution is 5.98. The van der Waals surface area contributed by atoms with Crippen molar-refractivity contribution in [3.05, 3.63) is 53.4 Å². The van der Waals surface area contributed by atoms with Gasteiger partial charge in [-0.3, -0.25) is 9.59 Å². The highest BCUT2D eigenvalue weighted by atomic mass is 19.1. The summed E-state index contributed by atoms with van der Waals surface area (Å²) in [4.78, 5) is 41.5. The molecular formula is C27H34F2N2O7. The number of halogens is 2. The van der Waals surface area contributed by atoms with Gasteiger partial charge in [-0.05, 0) is 31.4 Å². The van der Waals surface area contributed by atoms with Gasteiger partial charge < -0.3 is 24.3 Å². The number of hydrogen-bond acceptors (Lipinski definition) is 8. The Kier molecular flexibility index (Phi) is 11.0. The molecule has 3 atom stereocenters. The van der Waals surface area contributed by atoms with E-state index in [2.05, 4.69) is 10.3 Å². The third-order valence-electron chi connectivity index (χ3n) is 5.73. The molecule has 9 nitrogen and oxygen atoms in total. The van der Waals surface area contributed by atoms with E-state index in [-0.39, 0.29) is 34.6 Å². The summed E-state index contributed by atoms with van der Waals surface area (Å²) in [5, 5.41) is 2.49. The number of nitrogens with one attached hydrogen (secondary N) is 1. The second-order valence-corrected chi connectivity index (χ2v) is 9.34. The molecule has 0 aliphatic heterocycles. The SMILES string of the molecule is COc1ccnc(C(=O)N[C@@H](C)C(=O)O[C@@H](C)[C@H](c2ccc(F)cc2F)C(C)C)c1OCOC(=O)C(C)C. The summed E-state index contributed by atoms with van der Waals surface area (Å²) >= 11 is 0. The first-order valence-corrected chi connectivity index (χ1v) is 12.2. The summed E-state index contributed by atoms with van der Waals surface area (Å²) in [5.41, 5.74) is 0.0185. The fourth-order valence-corrected chi connectivity index (χ4v) is 3.81. The van der Waals surface area contributed by atoms with Gasteiger partial charge in [-0.2, -0.15) is 0 Å². The Morgan fingerprint density at radius 1 is 1.00 bits per heavy atom. The minimum absolute atomic E-state index is 0.0790. The number of esters is 2. The van der Waals surface area contributed by atoms with Gasteiger partial charge >= 0.3 is 11.9 Å². The molecule has 208 valence electrons. The van der Waals surface area contributed by atoms with Crippen LogP contribution in [0.1, 0.15) is 63.5 Å². The molecule has 0 radical (unpaired) electrons. The lowest BCUT2D eigenvalue weighted by Crippen LogP contribution is -2.42. The Labute approximate surface area is 220 Å². The lowest BCUT2D eigenvalue weighted by atomic mass is 9.84. The van der Waals surface area contributed by atoms with E-state index in [0.29, 0.717) is 0 Å². The lowest BCUT2D eigenvalue weighted by Gasteiger charge is -2.29. The van der Waals surface area contributed by atoms with Gasteiger partial charge in [0.1, 0.15) is 23.8 Å². The Morgan fingerprint density at radius 3 is 2.26 bits per heavy atom. The number of rotatable bonds is 12. The van der Waals surface area contributed by atoms with Gasteiger partial charge in [-0.15, -0.1) is 0 Å². The zero-order valence-corrected chi connectivity index (χ0v) is 22.5. The molecule has 0 spiro atoms. The Hall–Kier alpha value is -3.76. The van der Waals surface area contributed by atoms with Crippen molar-refractivity contribution in [3.63, 3.8) is 0 Å². The van der Waals surface area contributed by atoms with Gasteiger partial charge in [0, 0.05) is 24.2 Å². The van der Waals surface area contributed by atoms with Crippen molar-refractivity contribution < 1.29 is 42.1 Å². The molecule has 0 bridgehead atoms. The standard InChI is InChI=1S/C27H34F2N2O7/c1-14(2)22(19-9-8-18(28)12-20(19)29)17(6)38-27(34)16(5)31-25(32)23-24(21(35-7)10-11-30-23)36-13-37-26(33)15(3)4/h8-12,14-17,22H,13H2,1-7H3,(H,31,32)/t16-,17-,22+/m0/s1. The molecule has 2 rings (SSSR count). The first kappa shape index (κ1) is 30.5. The van der Waals surface area contributed by atoms with E-state index < -0.39 is 54.3 Å². The number of methoxy groups -OCH3 is 1. The van der Waals surface area contributed by atoms with Crippen molar-refractivity contribution in [2.24, 2.45) is 11.8 Å². The number of amides is 1. The smallest absolute Gasteiger partial charge is 0.328 e. The average Bonchev–Trinajstić information content (AvgIpc) is 2.84. The maximum Gasteiger partial charge on any atom is 0.328 e. The fourth-order valence-electron chi connectivity index (χ4n) is 3.81. The Balaban J connectivity index is 2.13. The van der Waals surface area contributed by atoms with Crippen LogP contribution in [-0.4, -0.2) is 48.9 Å². The Morgan fingerprint density at radius 2 is 1.68 bits per heavy atom. The fraction of sp³-hybridized carbons (Fsp3) is 0.481. The van der Waals surface area contributed by atoms with Crippen LogP contribution >= 0.6 is 0 Å². The van der Waals surface area contributed by atoms with Crippen LogP contribution in [0.2, 0.25) is 0 Å². The quantitative estimate of drug-likeness (QED) is 0.314. The summed E-state index contributed by atoms with van der Waals surface area (Å²) in [7, 11) is 1.36. The summed E-state index contributed by atoms with van der Waals surface area (Å²) in [6, 6.07) is 3.61. The van der Waals surface area contributed by atoms with Crippen molar-refractivity contribution in [2.45, 2.75) is 59.6 Å². The van der Waals surface area contributed by atoms with Crippen molar-refractivity contribution in [1.82, 2.24) is 10.3 Å². The molecule has 0 aliphatic carbocycles. The summed E-state index contributed by atoms with van der Waals surface area (Å²) in [5.74, 6) is -4.47. The van der Waals surface area contributed by atoms with Gasteiger partial charge in [0.15, 0.2) is 17.2 Å². The number of carbonyl (C=O) groups is 3. The molecule has 0 aliphatic rings. The molecule has 1 aromatic carbocycles. The van der Waals surface area contributed by atoms with E-state index in [1.165, 1.54) is 32.4 Å². The van der Waals surface area contributed by atoms with Crippen LogP contribution in [0.4, 0.5) is 8.78 Å². The molecule has 0 unspecified atom stereocenters. The van der Waals surface area contributed by atoms with Gasteiger partial charge in [-0.1, -0.05) is 33.8 Å². The highest BCUT2D eigenvalue weighted by Gasteiger charge is 2.31. The maximum atomic E-state index is 14.5. The van der Waals surface area contributed by atoms with E-state index in [1.54, 1.807) is 20.8 Å². The van der Waals surface area contributed by atoms with E-state index in [4.69, 9.17) is 18.9 Å². The van der Waals surface area contributed by atoms with E-state index in [0.717, 1.165) is 12.1 Å². The van der Waals surface area contributed by atoms with E-state index in [9.17, 15) is 23.2 Å². The molecule has 0 saturated carbocycles. The minimum Gasteiger partial charge on any atom is -0.493 e. The van der Waals surface area contributed by atoms with Gasteiger partial charge in [0.05, 0.1) is 13.0 Å². The predicted octanol–water partition coefficient (Wildman–Crippen LogP) is 4.39. The highest BCUT2D eigenvalue weighted by Crippen LogP contribution is 2.32. The van der Waals surface area contributed by atoms with Crippen molar-refractivity contribution in [2.75, 3.05) is 13.9 Å². The largest absolute Gasteiger partial charge is 0.493 e. The van der Waals surface area contributed by atoms with Crippen LogP contribution < -0.4 is 14.8 Å². The van der Waals surface area contributed by atoms with Gasteiger partial charge in [-0.25, -0.2) is 18.6 Å². The Bertz CT molecular complexity index is 1140. The summed E-state index contributed by atoms with van der Waals surface area (Å²) in [6.07, 6.45) is 0.530. The molecule has 0 fully saturated rings. The first-order chi connectivity index (χ1) is 17.9. The maximum absolute atomic E-state index is 14.5. The number of nitrogens with zero attached hydrogens (tertiary/aromatic N) is 1. The number of carbonyl (C=O) groups excluding carboxylic acids is 3. The molecule has 1 heterocycles. The first-order valence-electron chi connectivity index (χ1n) is 12.2. The number of aromatic nitrogens is 1. The molecule has 11 heteroatoms. The predicted molar refractivity (Wildman–Crippen MR) is 134 cm³/mol. The average molecular weight is 537 g/mol. The zero-order valence-electron chi connectivity index (χ0n) is 22.5. The minimum atomic E-state index is -1.12. The van der Waals surface area contributed by atoms with Crippen molar-refractivity contribution in [1.29, 1.82) is 0 Å². The van der Waals surface area contributed by atoms with Crippen LogP contribution in [0.3, 0.4) is 0 Å². The zero-order chi connectivity index (χ0) is 28.6. The molecular weight excluding hydrogens is 502 g/mol. The van der Waals surface area contributed by atoms with Gasteiger partial charge in [0.25, 0.3) is 5.91 Å². The number of hydrogen-bond donors (Lipinski definition) is 1. The van der Waals surface area contributed by atoms with E-state index in [1.807, 2.05) is 13.8 Å². The number of ether oxygens (including phenoxy) is 4. The van der Waals surface area contributed by atoms with Crippen LogP contribution in [-0.2, 0) is 19.1 Å².